The molecule has 0 unspecified atom stereocenters. The van der Waals surface area contributed by atoms with Crippen LogP contribution in [0.2, 0.25) is 0 Å². The Bertz CT molecular complexity index is 352. The molecule has 3 heteroatoms. The molecule has 1 aromatic carbocycles. The minimum atomic E-state index is 0.687. The summed E-state index contributed by atoms with van der Waals surface area (Å²) in [6, 6.07) is 8.61. The molecule has 0 aliphatic rings. The quantitative estimate of drug-likeness (QED) is 0.694. The van der Waals surface area contributed by atoms with Crippen molar-refractivity contribution >= 4 is 5.69 Å². The molecule has 0 heterocycles. The molecule has 0 radical (unpaired) electrons. The van der Waals surface area contributed by atoms with Gasteiger partial charge in [-0.15, -0.1) is 0 Å². The van der Waals surface area contributed by atoms with Crippen LogP contribution in [0, 0.1) is 5.92 Å². The van der Waals surface area contributed by atoms with E-state index in [-0.39, 0.29) is 0 Å². The zero-order chi connectivity index (χ0) is 14.1. The van der Waals surface area contributed by atoms with Crippen LogP contribution in [-0.2, 0) is 11.3 Å². The summed E-state index contributed by atoms with van der Waals surface area (Å²) in [4.78, 5) is 2.31. The molecule has 19 heavy (non-hydrogen) atoms. The largest absolute Gasteiger partial charge is 0.385 e. The summed E-state index contributed by atoms with van der Waals surface area (Å²) < 4.78 is 5.11. The van der Waals surface area contributed by atoms with Crippen LogP contribution in [0.1, 0.15) is 25.8 Å². The summed E-state index contributed by atoms with van der Waals surface area (Å²) in [5.41, 5.74) is 2.68. The van der Waals surface area contributed by atoms with Crippen molar-refractivity contribution in [2.24, 2.45) is 5.92 Å². The molecular weight excluding hydrogens is 236 g/mol. The molecule has 0 aliphatic carbocycles. The molecule has 0 amide bonds. The summed E-state index contributed by atoms with van der Waals surface area (Å²) >= 11 is 0. The Balaban J connectivity index is 2.56. The minimum Gasteiger partial charge on any atom is -0.385 e. The maximum absolute atomic E-state index is 5.11. The van der Waals surface area contributed by atoms with E-state index in [4.69, 9.17) is 4.74 Å². The summed E-state index contributed by atoms with van der Waals surface area (Å²) in [5, 5.41) is 3.51. The lowest BCUT2D eigenvalue weighted by Crippen LogP contribution is -2.24. The molecule has 108 valence electrons. The molecule has 0 spiro atoms. The van der Waals surface area contributed by atoms with Crippen LogP contribution >= 0.6 is 0 Å². The molecule has 0 bridgehead atoms. The van der Waals surface area contributed by atoms with Crippen molar-refractivity contribution in [2.45, 2.75) is 26.8 Å². The highest BCUT2D eigenvalue weighted by Gasteiger charge is 2.06. The normalized spacial score (nSPS) is 11.0. The highest BCUT2D eigenvalue weighted by Crippen LogP contribution is 2.19. The van der Waals surface area contributed by atoms with E-state index in [0.717, 1.165) is 32.7 Å². The number of hydrogen-bond acceptors (Lipinski definition) is 3. The van der Waals surface area contributed by atoms with Crippen molar-refractivity contribution in [3.63, 3.8) is 0 Å². The molecular formula is C16H28N2O. The van der Waals surface area contributed by atoms with Crippen LogP contribution in [0.15, 0.2) is 24.3 Å². The zero-order valence-electron chi connectivity index (χ0n) is 12.8. The van der Waals surface area contributed by atoms with Gasteiger partial charge in [-0.2, -0.15) is 0 Å². The SMILES string of the molecule is COCCCN(C)c1ccccc1CNCC(C)C. The van der Waals surface area contributed by atoms with Crippen LogP contribution in [0.4, 0.5) is 5.69 Å². The Morgan fingerprint density at radius 2 is 2.00 bits per heavy atom. The fraction of sp³-hybridized carbons (Fsp3) is 0.625. The van der Waals surface area contributed by atoms with Gasteiger partial charge in [-0.25, -0.2) is 0 Å². The van der Waals surface area contributed by atoms with E-state index in [9.17, 15) is 0 Å². The Morgan fingerprint density at radius 1 is 1.26 bits per heavy atom. The van der Waals surface area contributed by atoms with Crippen molar-refractivity contribution in [1.82, 2.24) is 5.32 Å². The first kappa shape index (κ1) is 16.0. The van der Waals surface area contributed by atoms with Crippen LogP contribution < -0.4 is 10.2 Å². The molecule has 0 saturated carbocycles. The molecule has 0 fully saturated rings. The molecule has 0 atom stereocenters. The van der Waals surface area contributed by atoms with Gasteiger partial charge in [-0.05, 0) is 30.5 Å². The number of rotatable bonds is 9. The summed E-state index contributed by atoms with van der Waals surface area (Å²) in [7, 11) is 3.90. The van der Waals surface area contributed by atoms with Gasteiger partial charge in [-0.3, -0.25) is 0 Å². The fourth-order valence-electron chi connectivity index (χ4n) is 2.09. The second kappa shape index (κ2) is 8.94. The maximum atomic E-state index is 5.11. The molecule has 0 aromatic heterocycles. The van der Waals surface area contributed by atoms with Crippen molar-refractivity contribution in [2.75, 3.05) is 38.8 Å². The third-order valence-corrected chi connectivity index (χ3v) is 3.11. The van der Waals surface area contributed by atoms with Crippen LogP contribution in [0.25, 0.3) is 0 Å². The lowest BCUT2D eigenvalue weighted by Gasteiger charge is -2.22. The minimum absolute atomic E-state index is 0.687. The van der Waals surface area contributed by atoms with E-state index in [0.29, 0.717) is 5.92 Å². The lowest BCUT2D eigenvalue weighted by atomic mass is 10.1. The van der Waals surface area contributed by atoms with Gasteiger partial charge in [0.05, 0.1) is 0 Å². The Morgan fingerprint density at radius 3 is 2.68 bits per heavy atom. The number of para-hydroxylation sites is 1. The van der Waals surface area contributed by atoms with E-state index in [1.165, 1.54) is 11.3 Å². The predicted octanol–water partition coefficient (Wildman–Crippen LogP) is 2.90. The van der Waals surface area contributed by atoms with Crippen LogP contribution in [-0.4, -0.2) is 33.9 Å². The molecule has 3 nitrogen and oxygen atoms in total. The lowest BCUT2D eigenvalue weighted by molar-refractivity contribution is 0.196. The third-order valence-electron chi connectivity index (χ3n) is 3.11. The first-order chi connectivity index (χ1) is 9.15. The predicted molar refractivity (Wildman–Crippen MR) is 82.7 cm³/mol. The second-order valence-electron chi connectivity index (χ2n) is 5.42. The number of hydrogen-bond donors (Lipinski definition) is 1. The highest BCUT2D eigenvalue weighted by molar-refractivity contribution is 5.52. The van der Waals surface area contributed by atoms with Gasteiger partial charge in [0.15, 0.2) is 0 Å². The van der Waals surface area contributed by atoms with Gasteiger partial charge in [0, 0.05) is 39.5 Å². The Kier molecular flexibility index (Phi) is 7.53. The van der Waals surface area contributed by atoms with Crippen molar-refractivity contribution < 1.29 is 4.74 Å². The van der Waals surface area contributed by atoms with Crippen molar-refractivity contribution in [3.8, 4) is 0 Å². The Labute approximate surface area is 118 Å². The molecule has 0 aliphatic heterocycles. The van der Waals surface area contributed by atoms with E-state index in [1.54, 1.807) is 7.11 Å². The number of benzene rings is 1. The van der Waals surface area contributed by atoms with Gasteiger partial charge in [-0.1, -0.05) is 32.0 Å². The first-order valence-electron chi connectivity index (χ1n) is 7.13. The zero-order valence-corrected chi connectivity index (χ0v) is 12.8. The van der Waals surface area contributed by atoms with Crippen LogP contribution in [0.5, 0.6) is 0 Å². The summed E-state index contributed by atoms with van der Waals surface area (Å²) in [5.74, 6) is 0.687. The average molecular weight is 264 g/mol. The van der Waals surface area contributed by atoms with Gasteiger partial charge in [0.2, 0.25) is 0 Å². The van der Waals surface area contributed by atoms with E-state index in [1.807, 2.05) is 0 Å². The van der Waals surface area contributed by atoms with E-state index in [2.05, 4.69) is 55.4 Å². The average Bonchev–Trinajstić information content (AvgIpc) is 2.39. The third kappa shape index (κ3) is 6.08. The number of nitrogens with zero attached hydrogens (tertiary/aromatic N) is 1. The molecule has 0 saturated heterocycles. The first-order valence-corrected chi connectivity index (χ1v) is 7.13. The molecule has 1 N–H and O–H groups in total. The van der Waals surface area contributed by atoms with Crippen LogP contribution in [0.3, 0.4) is 0 Å². The van der Waals surface area contributed by atoms with Crippen molar-refractivity contribution in [1.29, 1.82) is 0 Å². The number of methoxy groups -OCH3 is 1. The maximum Gasteiger partial charge on any atom is 0.0479 e. The number of anilines is 1. The second-order valence-corrected chi connectivity index (χ2v) is 5.42. The van der Waals surface area contributed by atoms with Crippen molar-refractivity contribution in [3.05, 3.63) is 29.8 Å². The topological polar surface area (TPSA) is 24.5 Å². The molecule has 1 aromatic rings. The Hall–Kier alpha value is -1.06. The number of nitrogens with one attached hydrogen (secondary N) is 1. The van der Waals surface area contributed by atoms with Gasteiger partial charge < -0.3 is 15.0 Å². The standard InChI is InChI=1S/C16H28N2O/c1-14(2)12-17-13-15-8-5-6-9-16(15)18(3)10-7-11-19-4/h5-6,8-9,14,17H,7,10-13H2,1-4H3. The smallest absolute Gasteiger partial charge is 0.0479 e. The fourth-order valence-corrected chi connectivity index (χ4v) is 2.09. The summed E-state index contributed by atoms with van der Waals surface area (Å²) in [6.07, 6.45) is 1.06. The van der Waals surface area contributed by atoms with Gasteiger partial charge in [0.25, 0.3) is 0 Å². The highest BCUT2D eigenvalue weighted by atomic mass is 16.5. The van der Waals surface area contributed by atoms with Gasteiger partial charge in [0.1, 0.15) is 0 Å². The molecule has 1 rings (SSSR count). The van der Waals surface area contributed by atoms with Gasteiger partial charge >= 0.3 is 0 Å². The van der Waals surface area contributed by atoms with E-state index >= 15 is 0 Å². The number of ether oxygens (including phenoxy) is 1. The summed E-state index contributed by atoms with van der Waals surface area (Å²) in [6.45, 7) is 8.30. The van der Waals surface area contributed by atoms with E-state index < -0.39 is 0 Å². The monoisotopic (exact) mass is 264 g/mol.